The van der Waals surface area contributed by atoms with Crippen LogP contribution in [-0.4, -0.2) is 14.7 Å². The van der Waals surface area contributed by atoms with E-state index in [9.17, 15) is 8.42 Å². The molecule has 0 saturated heterocycles. The monoisotopic (exact) mass is 263 g/mol. The van der Waals surface area contributed by atoms with Crippen molar-refractivity contribution >= 4 is 15.7 Å². The van der Waals surface area contributed by atoms with Gasteiger partial charge in [-0.3, -0.25) is 4.72 Å². The lowest BCUT2D eigenvalue weighted by Crippen LogP contribution is -2.09. The summed E-state index contributed by atoms with van der Waals surface area (Å²) in [5.41, 5.74) is 0.512. The Hall–Kier alpha value is -2.01. The van der Waals surface area contributed by atoms with Crippen LogP contribution in [0.4, 0.5) is 5.69 Å². The van der Waals surface area contributed by atoms with E-state index in [1.807, 2.05) is 30.3 Å². The van der Waals surface area contributed by atoms with E-state index in [-0.39, 0.29) is 0 Å². The maximum atomic E-state index is 11.0. The summed E-state index contributed by atoms with van der Waals surface area (Å²) in [6, 6.07) is 16.1. The fourth-order valence-corrected chi connectivity index (χ4v) is 1.99. The molecule has 0 aromatic heterocycles. The second-order valence-electron chi connectivity index (χ2n) is 3.81. The normalized spacial score (nSPS) is 10.9. The first-order valence-corrected chi connectivity index (χ1v) is 7.23. The lowest BCUT2D eigenvalue weighted by molar-refractivity contribution is 0.483. The number of para-hydroxylation sites is 1. The third-order valence-corrected chi connectivity index (χ3v) is 2.74. The summed E-state index contributed by atoms with van der Waals surface area (Å²) < 4.78 is 30.0. The lowest BCUT2D eigenvalue weighted by Gasteiger charge is -2.07. The summed E-state index contributed by atoms with van der Waals surface area (Å²) in [6.45, 7) is 0. The quantitative estimate of drug-likeness (QED) is 0.922. The summed E-state index contributed by atoms with van der Waals surface area (Å²) in [6.07, 6.45) is 1.11. The highest BCUT2D eigenvalue weighted by molar-refractivity contribution is 7.92. The van der Waals surface area contributed by atoms with Crippen molar-refractivity contribution < 1.29 is 13.2 Å². The first kappa shape index (κ1) is 12.4. The van der Waals surface area contributed by atoms with Crippen LogP contribution in [0.15, 0.2) is 54.6 Å². The molecule has 5 heteroatoms. The van der Waals surface area contributed by atoms with Crippen LogP contribution in [0.5, 0.6) is 11.5 Å². The third kappa shape index (κ3) is 3.78. The Morgan fingerprint density at radius 1 is 0.889 bits per heavy atom. The number of anilines is 1. The van der Waals surface area contributed by atoms with Gasteiger partial charge in [-0.15, -0.1) is 0 Å². The van der Waals surface area contributed by atoms with E-state index in [1.54, 1.807) is 24.3 Å². The Kier molecular flexibility index (Phi) is 3.53. The number of nitrogens with one attached hydrogen (secondary N) is 1. The SMILES string of the molecule is CS(=O)(=O)Nc1ccc(Oc2ccccc2)cc1. The minimum absolute atomic E-state index is 0.512. The predicted molar refractivity (Wildman–Crippen MR) is 71.4 cm³/mol. The van der Waals surface area contributed by atoms with Crippen molar-refractivity contribution in [3.05, 3.63) is 54.6 Å². The molecule has 0 saturated carbocycles. The minimum atomic E-state index is -3.24. The zero-order chi connectivity index (χ0) is 13.0. The molecule has 0 spiro atoms. The van der Waals surface area contributed by atoms with Gasteiger partial charge in [-0.2, -0.15) is 0 Å². The van der Waals surface area contributed by atoms with Crippen LogP contribution in [0.25, 0.3) is 0 Å². The predicted octanol–water partition coefficient (Wildman–Crippen LogP) is 2.85. The fourth-order valence-electron chi connectivity index (χ4n) is 1.43. The molecule has 94 valence electrons. The molecule has 0 bridgehead atoms. The Balaban J connectivity index is 2.09. The van der Waals surface area contributed by atoms with Gasteiger partial charge >= 0.3 is 0 Å². The molecule has 18 heavy (non-hydrogen) atoms. The van der Waals surface area contributed by atoms with Crippen molar-refractivity contribution in [2.45, 2.75) is 0 Å². The van der Waals surface area contributed by atoms with E-state index in [0.717, 1.165) is 12.0 Å². The number of hydrogen-bond donors (Lipinski definition) is 1. The lowest BCUT2D eigenvalue weighted by atomic mass is 10.3. The molecule has 0 aliphatic rings. The highest BCUT2D eigenvalue weighted by Crippen LogP contribution is 2.22. The fraction of sp³-hybridized carbons (Fsp3) is 0.0769. The molecule has 0 unspecified atom stereocenters. The molecule has 0 heterocycles. The van der Waals surface area contributed by atoms with E-state index >= 15 is 0 Å². The van der Waals surface area contributed by atoms with Crippen molar-refractivity contribution in [2.75, 3.05) is 11.0 Å². The van der Waals surface area contributed by atoms with Gasteiger partial charge < -0.3 is 4.74 Å². The average Bonchev–Trinajstić information content (AvgIpc) is 2.31. The number of sulfonamides is 1. The Labute approximate surface area is 106 Å². The summed E-state index contributed by atoms with van der Waals surface area (Å²) in [7, 11) is -3.24. The molecule has 2 aromatic carbocycles. The Bertz CT molecular complexity index is 606. The van der Waals surface area contributed by atoms with E-state index in [2.05, 4.69) is 4.72 Å². The summed E-state index contributed by atoms with van der Waals surface area (Å²) in [5.74, 6) is 1.39. The molecule has 0 fully saturated rings. The van der Waals surface area contributed by atoms with E-state index in [1.165, 1.54) is 0 Å². The molecular formula is C13H13NO3S. The van der Waals surface area contributed by atoms with Gasteiger partial charge in [0.05, 0.1) is 6.26 Å². The Morgan fingerprint density at radius 3 is 2.00 bits per heavy atom. The number of hydrogen-bond acceptors (Lipinski definition) is 3. The molecule has 1 N–H and O–H groups in total. The van der Waals surface area contributed by atoms with Gasteiger partial charge in [0.15, 0.2) is 0 Å². The number of ether oxygens (including phenoxy) is 1. The second kappa shape index (κ2) is 5.10. The molecule has 0 amide bonds. The van der Waals surface area contributed by atoms with Gasteiger partial charge in [0.2, 0.25) is 10.0 Å². The summed E-state index contributed by atoms with van der Waals surface area (Å²) in [5, 5.41) is 0. The highest BCUT2D eigenvalue weighted by atomic mass is 32.2. The van der Waals surface area contributed by atoms with E-state index < -0.39 is 10.0 Å². The number of rotatable bonds is 4. The zero-order valence-corrected chi connectivity index (χ0v) is 10.6. The first-order chi connectivity index (χ1) is 8.53. The third-order valence-electron chi connectivity index (χ3n) is 2.14. The van der Waals surface area contributed by atoms with Gasteiger partial charge in [-0.1, -0.05) is 18.2 Å². The topological polar surface area (TPSA) is 55.4 Å². The number of benzene rings is 2. The van der Waals surface area contributed by atoms with E-state index in [4.69, 9.17) is 4.74 Å². The maximum absolute atomic E-state index is 11.0. The van der Waals surface area contributed by atoms with Crippen LogP contribution in [-0.2, 0) is 10.0 Å². The molecule has 2 aromatic rings. The summed E-state index contributed by atoms with van der Waals surface area (Å²) >= 11 is 0. The van der Waals surface area contributed by atoms with Gasteiger partial charge in [-0.05, 0) is 36.4 Å². The smallest absolute Gasteiger partial charge is 0.229 e. The van der Waals surface area contributed by atoms with Crippen LogP contribution in [0.2, 0.25) is 0 Å². The largest absolute Gasteiger partial charge is 0.457 e. The van der Waals surface area contributed by atoms with Gasteiger partial charge in [0.25, 0.3) is 0 Å². The van der Waals surface area contributed by atoms with E-state index in [0.29, 0.717) is 11.4 Å². The van der Waals surface area contributed by atoms with Crippen LogP contribution >= 0.6 is 0 Å². The van der Waals surface area contributed by atoms with Gasteiger partial charge in [-0.25, -0.2) is 8.42 Å². The molecule has 0 atom stereocenters. The minimum Gasteiger partial charge on any atom is -0.457 e. The maximum Gasteiger partial charge on any atom is 0.229 e. The first-order valence-electron chi connectivity index (χ1n) is 5.34. The van der Waals surface area contributed by atoms with Crippen molar-refractivity contribution in [3.8, 4) is 11.5 Å². The van der Waals surface area contributed by atoms with Crippen LogP contribution in [0.1, 0.15) is 0 Å². The van der Waals surface area contributed by atoms with Crippen molar-refractivity contribution in [2.24, 2.45) is 0 Å². The molecular weight excluding hydrogens is 250 g/mol. The highest BCUT2D eigenvalue weighted by Gasteiger charge is 2.02. The standard InChI is InChI=1S/C13H13NO3S/c1-18(15,16)14-11-7-9-13(10-8-11)17-12-5-3-2-4-6-12/h2-10,14H,1H3. The second-order valence-corrected chi connectivity index (χ2v) is 5.56. The van der Waals surface area contributed by atoms with Crippen molar-refractivity contribution in [1.29, 1.82) is 0 Å². The van der Waals surface area contributed by atoms with Crippen molar-refractivity contribution in [3.63, 3.8) is 0 Å². The van der Waals surface area contributed by atoms with Crippen LogP contribution in [0, 0.1) is 0 Å². The van der Waals surface area contributed by atoms with Gasteiger partial charge in [0.1, 0.15) is 11.5 Å². The zero-order valence-electron chi connectivity index (χ0n) is 9.83. The van der Waals surface area contributed by atoms with Crippen LogP contribution in [0.3, 0.4) is 0 Å². The van der Waals surface area contributed by atoms with Gasteiger partial charge in [0, 0.05) is 5.69 Å². The van der Waals surface area contributed by atoms with Crippen LogP contribution < -0.4 is 9.46 Å². The summed E-state index contributed by atoms with van der Waals surface area (Å²) in [4.78, 5) is 0. The molecule has 4 nitrogen and oxygen atoms in total. The molecule has 0 aliphatic heterocycles. The molecule has 0 aliphatic carbocycles. The van der Waals surface area contributed by atoms with Crippen molar-refractivity contribution in [1.82, 2.24) is 0 Å². The Morgan fingerprint density at radius 2 is 1.44 bits per heavy atom. The molecule has 2 rings (SSSR count). The molecule has 0 radical (unpaired) electrons. The average molecular weight is 263 g/mol.